The maximum atomic E-state index is 11.9. The van der Waals surface area contributed by atoms with Crippen LogP contribution in [-0.2, 0) is 4.57 Å². The standard InChI is InChI=1S/C28H54N9O2P/c1-30-40(38,39)19-18-36-14-16-37(17-15-36)27-20-26(29)34-28(35-27)33-22-24-10-8-23(9-11-24)21-31-12-5-13-32-25-6-3-2-4-7-25/h20,23-25,31-32H,2-19,21-22H2,1H3,(H2,30,38,39)(H3,29,33,34,35). The molecule has 0 amide bonds. The molecule has 2 aliphatic carbocycles. The molecule has 7 N–H and O–H groups in total. The van der Waals surface area contributed by atoms with Gasteiger partial charge >= 0.3 is 0 Å². The van der Waals surface area contributed by atoms with Gasteiger partial charge in [0.2, 0.25) is 5.95 Å². The molecule has 0 bridgehead atoms. The Bertz CT molecular complexity index is 917. The molecule has 2 saturated carbocycles. The number of nitrogens with one attached hydrogen (secondary N) is 4. The molecular formula is C28H54N9O2P. The number of hydrogen-bond donors (Lipinski definition) is 6. The van der Waals surface area contributed by atoms with Crippen molar-refractivity contribution in [3.05, 3.63) is 6.07 Å². The van der Waals surface area contributed by atoms with E-state index in [0.29, 0.717) is 24.2 Å². The van der Waals surface area contributed by atoms with E-state index in [-0.39, 0.29) is 6.16 Å². The highest BCUT2D eigenvalue weighted by Crippen LogP contribution is 2.33. The van der Waals surface area contributed by atoms with E-state index in [9.17, 15) is 9.46 Å². The van der Waals surface area contributed by atoms with Crippen molar-refractivity contribution in [1.82, 2.24) is 30.6 Å². The van der Waals surface area contributed by atoms with Crippen molar-refractivity contribution >= 4 is 25.1 Å². The van der Waals surface area contributed by atoms with Crippen molar-refractivity contribution in [3.8, 4) is 0 Å². The second-order valence-corrected chi connectivity index (χ2v) is 14.4. The fourth-order valence-electron chi connectivity index (χ4n) is 6.29. The minimum absolute atomic E-state index is 0.258. The average Bonchev–Trinajstić information content (AvgIpc) is 2.98. The first-order valence-electron chi connectivity index (χ1n) is 15.7. The van der Waals surface area contributed by atoms with Crippen molar-refractivity contribution in [2.75, 3.05) is 88.1 Å². The number of piperazine rings is 1. The van der Waals surface area contributed by atoms with E-state index in [0.717, 1.165) is 70.1 Å². The highest BCUT2D eigenvalue weighted by molar-refractivity contribution is 7.55. The first kappa shape index (κ1) is 31.4. The average molecular weight is 580 g/mol. The first-order chi connectivity index (χ1) is 19.4. The molecule has 1 saturated heterocycles. The molecule has 0 spiro atoms. The van der Waals surface area contributed by atoms with Crippen LogP contribution in [0.3, 0.4) is 0 Å². The van der Waals surface area contributed by atoms with Gasteiger partial charge in [-0.05, 0) is 83.5 Å². The van der Waals surface area contributed by atoms with E-state index < -0.39 is 7.52 Å². The van der Waals surface area contributed by atoms with Crippen LogP contribution in [0.2, 0.25) is 0 Å². The first-order valence-corrected chi connectivity index (χ1v) is 17.6. The molecule has 0 radical (unpaired) electrons. The van der Waals surface area contributed by atoms with Gasteiger partial charge in [0.05, 0.1) is 6.16 Å². The molecule has 40 heavy (non-hydrogen) atoms. The number of rotatable bonds is 15. The Morgan fingerprint density at radius 3 is 2.38 bits per heavy atom. The fraction of sp³-hybridized carbons (Fsp3) is 0.857. The molecule has 4 rings (SSSR count). The summed E-state index contributed by atoms with van der Waals surface area (Å²) in [7, 11) is -1.69. The van der Waals surface area contributed by atoms with Crippen LogP contribution in [0, 0.1) is 11.8 Å². The number of hydrogen-bond acceptors (Lipinski definition) is 9. The summed E-state index contributed by atoms with van der Waals surface area (Å²) in [6, 6.07) is 2.61. The Kier molecular flexibility index (Phi) is 12.8. The van der Waals surface area contributed by atoms with Crippen LogP contribution < -0.4 is 31.7 Å². The number of nitrogens with zero attached hydrogens (tertiary/aromatic N) is 4. The maximum Gasteiger partial charge on any atom is 0.268 e. The largest absolute Gasteiger partial charge is 0.383 e. The lowest BCUT2D eigenvalue weighted by Gasteiger charge is -2.35. The van der Waals surface area contributed by atoms with Crippen molar-refractivity contribution in [2.45, 2.75) is 70.3 Å². The zero-order valence-corrected chi connectivity index (χ0v) is 25.5. The van der Waals surface area contributed by atoms with Gasteiger partial charge < -0.3 is 31.5 Å². The molecule has 0 aromatic carbocycles. The predicted octanol–water partition coefficient (Wildman–Crippen LogP) is 2.71. The van der Waals surface area contributed by atoms with Crippen molar-refractivity contribution in [1.29, 1.82) is 0 Å². The summed E-state index contributed by atoms with van der Waals surface area (Å²) >= 11 is 0. The van der Waals surface area contributed by atoms with Gasteiger partial charge in [0.1, 0.15) is 11.6 Å². The van der Waals surface area contributed by atoms with Crippen LogP contribution in [-0.4, -0.2) is 97.9 Å². The van der Waals surface area contributed by atoms with E-state index in [1.807, 2.05) is 6.07 Å². The third-order valence-electron chi connectivity index (χ3n) is 9.01. The summed E-state index contributed by atoms with van der Waals surface area (Å²) in [6.07, 6.45) is 13.5. The molecule has 228 valence electrons. The van der Waals surface area contributed by atoms with E-state index >= 15 is 0 Å². The van der Waals surface area contributed by atoms with Gasteiger partial charge in [0, 0.05) is 51.4 Å². The Morgan fingerprint density at radius 1 is 0.975 bits per heavy atom. The summed E-state index contributed by atoms with van der Waals surface area (Å²) in [4.78, 5) is 23.4. The van der Waals surface area contributed by atoms with Crippen LogP contribution in [0.4, 0.5) is 17.6 Å². The van der Waals surface area contributed by atoms with Crippen molar-refractivity contribution in [2.24, 2.45) is 11.8 Å². The monoisotopic (exact) mass is 579 g/mol. The summed E-state index contributed by atoms with van der Waals surface area (Å²) < 4.78 is 11.9. The Labute approximate surface area is 241 Å². The van der Waals surface area contributed by atoms with Crippen LogP contribution in [0.1, 0.15) is 64.2 Å². The van der Waals surface area contributed by atoms with Gasteiger partial charge in [-0.1, -0.05) is 19.3 Å². The number of anilines is 3. The van der Waals surface area contributed by atoms with Crippen LogP contribution in [0.15, 0.2) is 6.07 Å². The topological polar surface area (TPSA) is 144 Å². The molecular weight excluding hydrogens is 525 g/mol. The number of nitrogen functional groups attached to an aromatic ring is 1. The number of nitrogens with two attached hydrogens (primary N) is 1. The Balaban J connectivity index is 1.09. The maximum absolute atomic E-state index is 11.9. The third kappa shape index (κ3) is 10.7. The fourth-order valence-corrected chi connectivity index (χ4v) is 7.07. The molecule has 3 fully saturated rings. The zero-order valence-electron chi connectivity index (χ0n) is 24.6. The highest BCUT2D eigenvalue weighted by Gasteiger charge is 2.24. The Morgan fingerprint density at radius 2 is 1.68 bits per heavy atom. The lowest BCUT2D eigenvalue weighted by molar-refractivity contribution is 0.268. The van der Waals surface area contributed by atoms with Crippen molar-refractivity contribution in [3.63, 3.8) is 0 Å². The van der Waals surface area contributed by atoms with E-state index in [4.69, 9.17) is 10.7 Å². The second-order valence-electron chi connectivity index (χ2n) is 12.1. The van der Waals surface area contributed by atoms with E-state index in [1.54, 1.807) is 0 Å². The van der Waals surface area contributed by atoms with Crippen LogP contribution in [0.25, 0.3) is 0 Å². The summed E-state index contributed by atoms with van der Waals surface area (Å²) in [5.74, 6) is 3.38. The normalized spacial score (nSPS) is 24.6. The van der Waals surface area contributed by atoms with E-state index in [1.165, 1.54) is 71.3 Å². The zero-order chi connectivity index (χ0) is 28.2. The lowest BCUT2D eigenvalue weighted by Crippen LogP contribution is -2.47. The van der Waals surface area contributed by atoms with Gasteiger partial charge in [-0.3, -0.25) is 9.46 Å². The lowest BCUT2D eigenvalue weighted by atomic mass is 9.82. The molecule has 1 unspecified atom stereocenters. The third-order valence-corrected chi connectivity index (χ3v) is 10.5. The smallest absolute Gasteiger partial charge is 0.268 e. The Hall–Kier alpha value is -1.49. The quantitative estimate of drug-likeness (QED) is 0.135. The second kappa shape index (κ2) is 16.2. The van der Waals surface area contributed by atoms with Crippen molar-refractivity contribution < 1.29 is 9.46 Å². The SMILES string of the molecule is CNP(=O)(O)CCN1CCN(c2cc(N)nc(NCC3CCC(CNCCCNC4CCCCC4)CC3)n2)CC1. The van der Waals surface area contributed by atoms with Gasteiger partial charge in [-0.25, -0.2) is 5.09 Å². The summed E-state index contributed by atoms with van der Waals surface area (Å²) in [5, 5.41) is 13.4. The molecule has 3 aliphatic rings. The van der Waals surface area contributed by atoms with Gasteiger partial charge in [-0.15, -0.1) is 0 Å². The molecule has 11 nitrogen and oxygen atoms in total. The highest BCUT2D eigenvalue weighted by atomic mass is 31.2. The summed E-state index contributed by atoms with van der Waals surface area (Å²) in [6.45, 7) is 8.16. The van der Waals surface area contributed by atoms with E-state index in [2.05, 4.69) is 35.8 Å². The molecule has 1 aliphatic heterocycles. The molecule has 1 aromatic heterocycles. The minimum atomic E-state index is -3.22. The summed E-state index contributed by atoms with van der Waals surface area (Å²) in [5.41, 5.74) is 6.14. The minimum Gasteiger partial charge on any atom is -0.383 e. The van der Waals surface area contributed by atoms with Crippen LogP contribution in [0.5, 0.6) is 0 Å². The molecule has 2 heterocycles. The van der Waals surface area contributed by atoms with Gasteiger partial charge in [0.15, 0.2) is 0 Å². The van der Waals surface area contributed by atoms with Gasteiger partial charge in [0.25, 0.3) is 7.52 Å². The molecule has 1 aromatic rings. The predicted molar refractivity (Wildman–Crippen MR) is 165 cm³/mol. The number of aromatic nitrogens is 2. The van der Waals surface area contributed by atoms with Gasteiger partial charge in [-0.2, -0.15) is 9.97 Å². The molecule has 1 atom stereocenters. The molecule has 12 heteroatoms. The van der Waals surface area contributed by atoms with Crippen LogP contribution >= 0.6 is 7.52 Å².